The van der Waals surface area contributed by atoms with E-state index in [9.17, 15) is 24.6 Å². The van der Waals surface area contributed by atoms with Gasteiger partial charge in [0.15, 0.2) is 0 Å². The van der Waals surface area contributed by atoms with Crippen molar-refractivity contribution in [3.05, 3.63) is 155 Å². The summed E-state index contributed by atoms with van der Waals surface area (Å²) in [6.45, 7) is 1.06. The molecule has 12 nitrogen and oxygen atoms in total. The standard InChI is InChI=1S/C34H30N2O9.C6H6O/c1-2-42-28-13-15-30(34(40)41)31(19-28)32(37)35-20-23-8-10-24(11-9-23)21-36-45-22-25-18-27(12-14-29(25)33(38)39)44-17-16-43-26-6-4-3-5-7-26;7-6-4-2-1-3-5-6/h1,3-15,18-19,36H,16-17,20-22H2,(H,35,37)(H,38,39)(H,40,41);1-5,7H. The topological polar surface area (TPSA) is 173 Å². The molecule has 0 unspecified atom stereocenters. The highest BCUT2D eigenvalue weighted by molar-refractivity contribution is 6.05. The van der Waals surface area contributed by atoms with Crippen LogP contribution in [0.15, 0.2) is 121 Å². The van der Waals surface area contributed by atoms with Gasteiger partial charge in [-0.25, -0.2) is 9.59 Å². The quantitative estimate of drug-likeness (QED) is 0.0460. The lowest BCUT2D eigenvalue weighted by molar-refractivity contribution is 0.0225. The summed E-state index contributed by atoms with van der Waals surface area (Å²) in [6, 6.07) is 33.9. The Morgan fingerprint density at radius 1 is 0.635 bits per heavy atom. The summed E-state index contributed by atoms with van der Waals surface area (Å²) in [6.07, 6.45) is 7.11. The van der Waals surface area contributed by atoms with Crippen molar-refractivity contribution in [3.8, 4) is 35.5 Å². The van der Waals surface area contributed by atoms with Crippen molar-refractivity contribution in [1.29, 1.82) is 0 Å². The lowest BCUT2D eigenvalue weighted by atomic mass is 10.1. The van der Waals surface area contributed by atoms with Crippen molar-refractivity contribution < 1.29 is 48.8 Å². The third-order valence-corrected chi connectivity index (χ3v) is 7.15. The van der Waals surface area contributed by atoms with Gasteiger partial charge in [0, 0.05) is 13.1 Å². The zero-order valence-corrected chi connectivity index (χ0v) is 27.9. The van der Waals surface area contributed by atoms with Crippen LogP contribution in [0.5, 0.6) is 23.0 Å². The number of rotatable bonds is 16. The first-order chi connectivity index (χ1) is 25.2. The number of hydroxylamine groups is 1. The number of para-hydroxylation sites is 2. The van der Waals surface area contributed by atoms with Gasteiger partial charge in [-0.2, -0.15) is 5.48 Å². The van der Waals surface area contributed by atoms with Crippen LogP contribution in [0.4, 0.5) is 0 Å². The number of aromatic carboxylic acids is 2. The average molecular weight is 705 g/mol. The summed E-state index contributed by atoms with van der Waals surface area (Å²) < 4.78 is 16.3. The fourth-order valence-electron chi connectivity index (χ4n) is 4.60. The zero-order chi connectivity index (χ0) is 37.1. The molecule has 0 atom stereocenters. The van der Waals surface area contributed by atoms with Gasteiger partial charge < -0.3 is 34.8 Å². The van der Waals surface area contributed by atoms with Gasteiger partial charge >= 0.3 is 11.9 Å². The molecule has 0 heterocycles. The number of benzene rings is 5. The van der Waals surface area contributed by atoms with Crippen LogP contribution >= 0.6 is 0 Å². The van der Waals surface area contributed by atoms with Gasteiger partial charge in [0.1, 0.15) is 42.3 Å². The Bertz CT molecular complexity index is 1960. The van der Waals surface area contributed by atoms with E-state index in [-0.39, 0.29) is 42.2 Å². The number of amides is 1. The second-order valence-electron chi connectivity index (χ2n) is 10.8. The van der Waals surface area contributed by atoms with Crippen molar-refractivity contribution in [2.24, 2.45) is 0 Å². The maximum atomic E-state index is 12.7. The Hall–Kier alpha value is -6.81. The summed E-state index contributed by atoms with van der Waals surface area (Å²) >= 11 is 0. The van der Waals surface area contributed by atoms with Crippen molar-refractivity contribution in [2.45, 2.75) is 19.7 Å². The molecular formula is C40H36N2O10. The molecular weight excluding hydrogens is 668 g/mol. The fraction of sp³-hybridized carbons (Fsp3) is 0.125. The first kappa shape index (κ1) is 38.0. The molecule has 0 aliphatic rings. The van der Waals surface area contributed by atoms with Crippen LogP contribution in [0.2, 0.25) is 0 Å². The molecule has 5 aromatic carbocycles. The van der Waals surface area contributed by atoms with Gasteiger partial charge in [0.2, 0.25) is 0 Å². The van der Waals surface area contributed by atoms with E-state index in [1.165, 1.54) is 24.3 Å². The Balaban J connectivity index is 0.000000771. The third-order valence-electron chi connectivity index (χ3n) is 7.15. The number of hydrogen-bond acceptors (Lipinski definition) is 9. The predicted octanol–water partition coefficient (Wildman–Crippen LogP) is 6.05. The Labute approximate surface area is 300 Å². The van der Waals surface area contributed by atoms with E-state index in [0.29, 0.717) is 30.2 Å². The van der Waals surface area contributed by atoms with Crippen LogP contribution in [0.3, 0.4) is 0 Å². The number of terminal acetylenes is 1. The minimum atomic E-state index is -1.25. The molecule has 12 heteroatoms. The van der Waals surface area contributed by atoms with Crippen LogP contribution in [0.25, 0.3) is 0 Å². The second-order valence-corrected chi connectivity index (χ2v) is 10.8. The van der Waals surface area contributed by atoms with Crippen LogP contribution in [0.1, 0.15) is 47.8 Å². The maximum absolute atomic E-state index is 12.7. The normalized spacial score (nSPS) is 10.1. The van der Waals surface area contributed by atoms with E-state index in [4.69, 9.17) is 30.6 Å². The summed E-state index contributed by atoms with van der Waals surface area (Å²) in [5.41, 5.74) is 4.75. The van der Waals surface area contributed by atoms with Gasteiger partial charge in [-0.05, 0) is 77.4 Å². The molecule has 0 saturated carbocycles. The number of phenols is 1. The highest BCUT2D eigenvalue weighted by Gasteiger charge is 2.18. The number of carbonyl (C=O) groups excluding carboxylic acids is 1. The van der Waals surface area contributed by atoms with Crippen LogP contribution in [0, 0.1) is 12.5 Å². The van der Waals surface area contributed by atoms with Crippen molar-refractivity contribution in [2.75, 3.05) is 13.2 Å². The van der Waals surface area contributed by atoms with Gasteiger partial charge in [-0.15, -0.1) is 0 Å². The van der Waals surface area contributed by atoms with Crippen LogP contribution in [-0.2, 0) is 24.5 Å². The van der Waals surface area contributed by atoms with E-state index in [0.717, 1.165) is 16.9 Å². The van der Waals surface area contributed by atoms with Crippen LogP contribution in [-0.4, -0.2) is 46.4 Å². The van der Waals surface area contributed by atoms with Gasteiger partial charge in [-0.3, -0.25) is 9.63 Å². The molecule has 0 bridgehead atoms. The van der Waals surface area contributed by atoms with E-state index in [2.05, 4.69) is 10.8 Å². The number of phenolic OH excluding ortho intramolecular Hbond substituents is 1. The molecule has 1 amide bonds. The molecule has 5 aromatic rings. The Kier molecular flexibility index (Phi) is 14.6. The predicted molar refractivity (Wildman–Crippen MR) is 191 cm³/mol. The molecule has 0 spiro atoms. The summed E-state index contributed by atoms with van der Waals surface area (Å²) in [5.74, 6) is -1.21. The Morgan fingerprint density at radius 2 is 1.21 bits per heavy atom. The molecule has 52 heavy (non-hydrogen) atoms. The molecule has 0 saturated heterocycles. The van der Waals surface area contributed by atoms with Crippen molar-refractivity contribution in [1.82, 2.24) is 10.8 Å². The minimum Gasteiger partial charge on any atom is -0.508 e. The summed E-state index contributed by atoms with van der Waals surface area (Å²) in [4.78, 5) is 41.5. The van der Waals surface area contributed by atoms with E-state index in [1.54, 1.807) is 48.5 Å². The van der Waals surface area contributed by atoms with E-state index >= 15 is 0 Å². The van der Waals surface area contributed by atoms with Gasteiger partial charge in [0.05, 0.1) is 23.3 Å². The van der Waals surface area contributed by atoms with Crippen molar-refractivity contribution >= 4 is 17.8 Å². The second kappa shape index (κ2) is 20.0. The smallest absolute Gasteiger partial charge is 0.336 e. The number of carboxylic acids is 2. The number of hydrogen-bond donors (Lipinski definition) is 5. The lowest BCUT2D eigenvalue weighted by Crippen LogP contribution is -2.25. The first-order valence-corrected chi connectivity index (χ1v) is 15.8. The molecule has 0 fully saturated rings. The van der Waals surface area contributed by atoms with Crippen molar-refractivity contribution in [3.63, 3.8) is 0 Å². The van der Waals surface area contributed by atoms with Crippen LogP contribution < -0.4 is 25.0 Å². The number of carboxylic acid groups (broad SMARTS) is 2. The molecule has 5 rings (SSSR count). The van der Waals surface area contributed by atoms with Gasteiger partial charge in [-0.1, -0.05) is 67.1 Å². The number of aromatic hydroxyl groups is 1. The van der Waals surface area contributed by atoms with Gasteiger partial charge in [0.25, 0.3) is 5.91 Å². The number of carbonyl (C=O) groups is 3. The molecule has 0 aliphatic carbocycles. The molecule has 0 aromatic heterocycles. The average Bonchev–Trinajstić information content (AvgIpc) is 3.15. The largest absolute Gasteiger partial charge is 0.508 e. The Morgan fingerprint density at radius 3 is 1.81 bits per heavy atom. The fourth-order valence-corrected chi connectivity index (χ4v) is 4.60. The first-order valence-electron chi connectivity index (χ1n) is 15.8. The third kappa shape index (κ3) is 12.3. The SMILES string of the molecule is C#COc1ccc(C(=O)O)c(C(=O)NCc2ccc(CNOCc3cc(OCCOc4ccccc4)ccc3C(=O)O)cc2)c1.Oc1ccccc1. The monoisotopic (exact) mass is 704 g/mol. The minimum absolute atomic E-state index is 0.0185. The lowest BCUT2D eigenvalue weighted by Gasteiger charge is -2.12. The molecule has 0 radical (unpaired) electrons. The number of nitrogens with one attached hydrogen (secondary N) is 2. The molecule has 266 valence electrons. The highest BCUT2D eigenvalue weighted by Crippen LogP contribution is 2.20. The van der Waals surface area contributed by atoms with E-state index in [1.807, 2.05) is 54.6 Å². The highest BCUT2D eigenvalue weighted by atomic mass is 16.6. The maximum Gasteiger partial charge on any atom is 0.336 e. The molecule has 0 aliphatic heterocycles. The molecule has 5 N–H and O–H groups in total. The zero-order valence-electron chi connectivity index (χ0n) is 27.9. The summed E-state index contributed by atoms with van der Waals surface area (Å²) in [5, 5.41) is 30.3. The summed E-state index contributed by atoms with van der Waals surface area (Å²) in [7, 11) is 0. The number of ether oxygens (including phenoxy) is 3. The van der Waals surface area contributed by atoms with E-state index < -0.39 is 17.8 Å².